The number of benzene rings is 2. The van der Waals surface area contributed by atoms with Crippen LogP contribution in [-0.2, 0) is 4.74 Å². The highest BCUT2D eigenvalue weighted by atomic mass is 16.6. The molecule has 0 radical (unpaired) electrons. The predicted octanol–water partition coefficient (Wildman–Crippen LogP) is 3.78. The highest BCUT2D eigenvalue weighted by molar-refractivity contribution is 5.20. The quantitative estimate of drug-likeness (QED) is 0.854. The van der Waals surface area contributed by atoms with Crippen LogP contribution in [0.2, 0.25) is 0 Å². The van der Waals surface area contributed by atoms with Crippen molar-refractivity contribution in [3.05, 3.63) is 71.8 Å². The van der Waals surface area contributed by atoms with Crippen LogP contribution in [-0.4, -0.2) is 31.1 Å². The van der Waals surface area contributed by atoms with Gasteiger partial charge in [0, 0.05) is 18.6 Å². The van der Waals surface area contributed by atoms with Gasteiger partial charge in [-0.2, -0.15) is 0 Å². The van der Waals surface area contributed by atoms with Gasteiger partial charge < -0.3 is 15.4 Å². The van der Waals surface area contributed by atoms with E-state index in [0.29, 0.717) is 12.1 Å². The minimum Gasteiger partial charge on any atom is -0.368 e. The monoisotopic (exact) mass is 312 g/mol. The summed E-state index contributed by atoms with van der Waals surface area (Å²) in [6, 6.07) is 21.2. The van der Waals surface area contributed by atoms with Gasteiger partial charge in [0.25, 0.3) is 0 Å². The molecule has 3 nitrogen and oxygen atoms in total. The molecule has 124 valence electrons. The second-order valence-electron chi connectivity index (χ2n) is 6.28. The standard InChI is InChI=1S/C12H20N2.C8H8O/c1-10(2)14(3)9-12(13)11-7-5-4-6-8-11;1-2-4-7(5-3-1)8-6-9-8/h4-8,10,12H,9,13H2,1-3H3;1-5,8H,6H2/t12-;8-/m11/s1. The fourth-order valence-corrected chi connectivity index (χ4v) is 2.23. The Morgan fingerprint density at radius 1 is 1.04 bits per heavy atom. The fraction of sp³-hybridized carbons (Fsp3) is 0.400. The van der Waals surface area contributed by atoms with Gasteiger partial charge in [0.2, 0.25) is 0 Å². The van der Waals surface area contributed by atoms with E-state index in [4.69, 9.17) is 10.5 Å². The molecule has 0 spiro atoms. The maximum atomic E-state index is 6.09. The van der Waals surface area contributed by atoms with Crippen molar-refractivity contribution in [3.8, 4) is 0 Å². The number of nitrogens with zero attached hydrogens (tertiary/aromatic N) is 1. The van der Waals surface area contributed by atoms with E-state index in [1.165, 1.54) is 11.1 Å². The summed E-state index contributed by atoms with van der Waals surface area (Å²) in [5.41, 5.74) is 8.60. The van der Waals surface area contributed by atoms with E-state index < -0.39 is 0 Å². The number of hydrogen-bond donors (Lipinski definition) is 1. The average molecular weight is 312 g/mol. The second-order valence-corrected chi connectivity index (χ2v) is 6.28. The summed E-state index contributed by atoms with van der Waals surface area (Å²) in [5, 5.41) is 0. The smallest absolute Gasteiger partial charge is 0.106 e. The Kier molecular flexibility index (Phi) is 6.78. The molecule has 1 saturated heterocycles. The molecule has 0 amide bonds. The van der Waals surface area contributed by atoms with E-state index in [1.807, 2.05) is 36.4 Å². The van der Waals surface area contributed by atoms with Gasteiger partial charge in [-0.1, -0.05) is 60.7 Å². The molecule has 1 aliphatic rings. The minimum atomic E-state index is 0.114. The normalized spacial score (nSPS) is 17.6. The molecule has 0 unspecified atom stereocenters. The molecular weight excluding hydrogens is 284 g/mol. The molecule has 0 bridgehead atoms. The van der Waals surface area contributed by atoms with Crippen LogP contribution < -0.4 is 5.73 Å². The molecule has 2 atom stereocenters. The summed E-state index contributed by atoms with van der Waals surface area (Å²) in [4.78, 5) is 2.26. The van der Waals surface area contributed by atoms with E-state index in [1.54, 1.807) is 0 Å². The van der Waals surface area contributed by atoms with Gasteiger partial charge in [-0.15, -0.1) is 0 Å². The Hall–Kier alpha value is -1.68. The van der Waals surface area contributed by atoms with Crippen LogP contribution in [0, 0.1) is 0 Å². The molecule has 23 heavy (non-hydrogen) atoms. The summed E-state index contributed by atoms with van der Waals surface area (Å²) >= 11 is 0. The maximum absolute atomic E-state index is 6.09. The lowest BCUT2D eigenvalue weighted by molar-refractivity contribution is 0.257. The third-order valence-corrected chi connectivity index (χ3v) is 4.10. The summed E-state index contributed by atoms with van der Waals surface area (Å²) in [6.45, 7) is 6.17. The molecule has 3 heteroatoms. The van der Waals surface area contributed by atoms with Crippen molar-refractivity contribution in [2.24, 2.45) is 5.73 Å². The lowest BCUT2D eigenvalue weighted by Crippen LogP contribution is -2.33. The highest BCUT2D eigenvalue weighted by Gasteiger charge is 2.23. The van der Waals surface area contributed by atoms with E-state index in [9.17, 15) is 0 Å². The second kappa shape index (κ2) is 8.82. The van der Waals surface area contributed by atoms with Gasteiger partial charge in [-0.05, 0) is 32.0 Å². The first kappa shape index (κ1) is 17.7. The van der Waals surface area contributed by atoms with E-state index in [2.05, 4.69) is 50.1 Å². The fourth-order valence-electron chi connectivity index (χ4n) is 2.23. The highest BCUT2D eigenvalue weighted by Crippen LogP contribution is 2.28. The van der Waals surface area contributed by atoms with Crippen molar-refractivity contribution in [2.75, 3.05) is 20.2 Å². The van der Waals surface area contributed by atoms with Crippen LogP contribution in [0.25, 0.3) is 0 Å². The molecule has 0 aromatic heterocycles. The Balaban J connectivity index is 0.000000182. The third-order valence-electron chi connectivity index (χ3n) is 4.10. The van der Waals surface area contributed by atoms with Gasteiger partial charge >= 0.3 is 0 Å². The Morgan fingerprint density at radius 3 is 2.04 bits per heavy atom. The molecule has 0 saturated carbocycles. The summed E-state index contributed by atoms with van der Waals surface area (Å²) < 4.78 is 5.09. The number of rotatable bonds is 5. The first-order valence-electron chi connectivity index (χ1n) is 8.25. The molecule has 2 aromatic carbocycles. The molecule has 2 N–H and O–H groups in total. The van der Waals surface area contributed by atoms with Crippen molar-refractivity contribution in [2.45, 2.75) is 32.0 Å². The average Bonchev–Trinajstić information content (AvgIpc) is 3.42. The van der Waals surface area contributed by atoms with Crippen molar-refractivity contribution in [1.29, 1.82) is 0 Å². The van der Waals surface area contributed by atoms with Crippen molar-refractivity contribution in [1.82, 2.24) is 4.90 Å². The molecule has 1 fully saturated rings. The lowest BCUT2D eigenvalue weighted by Gasteiger charge is -2.24. The maximum Gasteiger partial charge on any atom is 0.106 e. The van der Waals surface area contributed by atoms with Crippen LogP contribution >= 0.6 is 0 Å². The van der Waals surface area contributed by atoms with E-state index >= 15 is 0 Å². The van der Waals surface area contributed by atoms with E-state index in [0.717, 1.165) is 13.2 Å². The number of hydrogen-bond acceptors (Lipinski definition) is 3. The van der Waals surface area contributed by atoms with Gasteiger partial charge in [0.15, 0.2) is 0 Å². The first-order valence-corrected chi connectivity index (χ1v) is 8.25. The summed E-state index contributed by atoms with van der Waals surface area (Å²) in [5.74, 6) is 0. The topological polar surface area (TPSA) is 41.8 Å². The van der Waals surface area contributed by atoms with Crippen molar-refractivity contribution >= 4 is 0 Å². The predicted molar refractivity (Wildman–Crippen MR) is 96.3 cm³/mol. The third kappa shape index (κ3) is 6.14. The summed E-state index contributed by atoms with van der Waals surface area (Å²) in [6.07, 6.45) is 0.409. The number of epoxide rings is 1. The largest absolute Gasteiger partial charge is 0.368 e. The molecule has 1 aliphatic heterocycles. The van der Waals surface area contributed by atoms with Crippen LogP contribution in [0.15, 0.2) is 60.7 Å². The number of nitrogens with two attached hydrogens (primary N) is 1. The molecular formula is C20H28N2O. The Morgan fingerprint density at radius 2 is 1.57 bits per heavy atom. The van der Waals surface area contributed by atoms with Gasteiger partial charge in [-0.25, -0.2) is 0 Å². The van der Waals surface area contributed by atoms with Crippen LogP contribution in [0.4, 0.5) is 0 Å². The Labute approximate surface area is 140 Å². The van der Waals surface area contributed by atoms with Crippen LogP contribution in [0.5, 0.6) is 0 Å². The SMILES string of the molecule is CC(C)N(C)C[C@@H](N)c1ccccc1.c1ccc([C@H]2CO2)cc1. The van der Waals surface area contributed by atoms with Crippen molar-refractivity contribution < 1.29 is 4.74 Å². The molecule has 1 heterocycles. The number of ether oxygens (including phenoxy) is 1. The van der Waals surface area contributed by atoms with Crippen molar-refractivity contribution in [3.63, 3.8) is 0 Å². The summed E-state index contributed by atoms with van der Waals surface area (Å²) in [7, 11) is 2.10. The van der Waals surface area contributed by atoms with Crippen LogP contribution in [0.1, 0.15) is 37.1 Å². The first-order chi connectivity index (χ1) is 11.1. The lowest BCUT2D eigenvalue weighted by atomic mass is 10.1. The minimum absolute atomic E-state index is 0.114. The van der Waals surface area contributed by atoms with E-state index in [-0.39, 0.29) is 6.04 Å². The molecule has 0 aliphatic carbocycles. The number of likely N-dealkylation sites (N-methyl/N-ethyl adjacent to an activating group) is 1. The zero-order chi connectivity index (χ0) is 16.7. The molecule has 3 rings (SSSR count). The van der Waals surface area contributed by atoms with Gasteiger partial charge in [0.05, 0.1) is 6.61 Å². The van der Waals surface area contributed by atoms with Gasteiger partial charge in [-0.3, -0.25) is 0 Å². The Bertz CT molecular complexity index is 552. The zero-order valence-corrected chi connectivity index (χ0v) is 14.4. The molecule has 2 aromatic rings. The van der Waals surface area contributed by atoms with Gasteiger partial charge in [0.1, 0.15) is 6.10 Å². The van der Waals surface area contributed by atoms with Crippen LogP contribution in [0.3, 0.4) is 0 Å². The zero-order valence-electron chi connectivity index (χ0n) is 14.4.